The quantitative estimate of drug-likeness (QED) is 0.674. The van der Waals surface area contributed by atoms with Gasteiger partial charge in [-0.05, 0) is 11.8 Å². The number of hydrogen-bond acceptors (Lipinski definition) is 2. The number of halogens is 2. The summed E-state index contributed by atoms with van der Waals surface area (Å²) in [5.74, 6) is 1.20. The van der Waals surface area contributed by atoms with Crippen molar-refractivity contribution in [3.63, 3.8) is 0 Å². The van der Waals surface area contributed by atoms with Crippen LogP contribution in [0.3, 0.4) is 0 Å². The first-order valence-corrected chi connectivity index (χ1v) is 4.94. The third kappa shape index (κ3) is 1.79. The van der Waals surface area contributed by atoms with Gasteiger partial charge in [-0.25, -0.2) is 9.97 Å². The fourth-order valence-corrected chi connectivity index (χ4v) is 1.91. The van der Waals surface area contributed by atoms with E-state index >= 15 is 0 Å². The maximum absolute atomic E-state index is 5.78. The molecule has 1 saturated carbocycles. The first kappa shape index (κ1) is 9.22. The highest BCUT2D eigenvalue weighted by Gasteiger charge is 2.48. The van der Waals surface area contributed by atoms with Gasteiger partial charge in [0, 0.05) is 12.0 Å². The van der Waals surface area contributed by atoms with Gasteiger partial charge in [0.2, 0.25) is 0 Å². The Morgan fingerprint density at radius 2 is 1.77 bits per heavy atom. The summed E-state index contributed by atoms with van der Waals surface area (Å²) in [5.41, 5.74) is 0.314. The number of rotatable bonds is 1. The van der Waals surface area contributed by atoms with Crippen LogP contribution in [0.25, 0.3) is 0 Å². The minimum Gasteiger partial charge on any atom is -0.221 e. The lowest BCUT2D eigenvalue weighted by molar-refractivity contribution is 0.608. The van der Waals surface area contributed by atoms with E-state index in [0.717, 1.165) is 12.2 Å². The second-order valence-corrected chi connectivity index (χ2v) is 4.89. The fourth-order valence-electron chi connectivity index (χ4n) is 1.47. The van der Waals surface area contributed by atoms with Crippen LogP contribution in [0.4, 0.5) is 0 Å². The van der Waals surface area contributed by atoms with E-state index in [4.69, 9.17) is 23.2 Å². The van der Waals surface area contributed by atoms with Crippen LogP contribution in [0.15, 0.2) is 6.07 Å². The molecule has 0 aliphatic heterocycles. The summed E-state index contributed by atoms with van der Waals surface area (Å²) in [7, 11) is 0. The molecular formula is C9H10Cl2N2. The molecular weight excluding hydrogens is 207 g/mol. The molecule has 0 radical (unpaired) electrons. The van der Waals surface area contributed by atoms with Crippen LogP contribution in [-0.4, -0.2) is 9.97 Å². The number of aromatic nitrogens is 2. The molecule has 0 amide bonds. The van der Waals surface area contributed by atoms with E-state index in [2.05, 4.69) is 23.8 Å². The molecule has 1 fully saturated rings. The molecule has 0 spiro atoms. The molecule has 1 heterocycles. The van der Waals surface area contributed by atoms with Crippen LogP contribution in [0.2, 0.25) is 10.3 Å². The predicted molar refractivity (Wildman–Crippen MR) is 53.2 cm³/mol. The molecule has 1 aliphatic carbocycles. The summed E-state index contributed by atoms with van der Waals surface area (Å²) in [4.78, 5) is 8.32. The highest BCUT2D eigenvalue weighted by molar-refractivity contribution is 6.33. The van der Waals surface area contributed by atoms with Crippen LogP contribution in [0.1, 0.15) is 32.0 Å². The average Bonchev–Trinajstić information content (AvgIpc) is 2.57. The van der Waals surface area contributed by atoms with Crippen molar-refractivity contribution < 1.29 is 0 Å². The van der Waals surface area contributed by atoms with Crippen molar-refractivity contribution in [3.8, 4) is 0 Å². The molecule has 0 aromatic carbocycles. The van der Waals surface area contributed by atoms with Crippen LogP contribution in [-0.2, 0) is 0 Å². The van der Waals surface area contributed by atoms with Gasteiger partial charge in [-0.2, -0.15) is 0 Å². The number of hydrogen-bond donors (Lipinski definition) is 0. The SMILES string of the molecule is CC1(C)CC1c1nc(Cl)cc(Cl)n1. The molecule has 2 nitrogen and oxygen atoms in total. The Morgan fingerprint density at radius 3 is 2.15 bits per heavy atom. The lowest BCUT2D eigenvalue weighted by atomic mass is 10.1. The zero-order chi connectivity index (χ0) is 9.64. The standard InChI is InChI=1S/C9H10Cl2N2/c1-9(2)4-5(9)8-12-6(10)3-7(11)13-8/h3,5H,4H2,1-2H3. The molecule has 1 unspecified atom stereocenters. The third-order valence-electron chi connectivity index (χ3n) is 2.51. The first-order valence-electron chi connectivity index (χ1n) is 4.19. The van der Waals surface area contributed by atoms with E-state index in [1.54, 1.807) is 6.07 Å². The summed E-state index contributed by atoms with van der Waals surface area (Å²) in [6, 6.07) is 1.56. The highest BCUT2D eigenvalue weighted by atomic mass is 35.5. The second kappa shape index (κ2) is 2.82. The predicted octanol–water partition coefficient (Wildman–Crippen LogP) is 3.30. The molecule has 0 saturated heterocycles. The highest BCUT2D eigenvalue weighted by Crippen LogP contribution is 2.57. The molecule has 1 aromatic heterocycles. The Labute approximate surface area is 87.3 Å². The Hall–Kier alpha value is -0.340. The molecule has 2 rings (SSSR count). The van der Waals surface area contributed by atoms with Crippen molar-refractivity contribution in [2.75, 3.05) is 0 Å². The second-order valence-electron chi connectivity index (χ2n) is 4.12. The van der Waals surface area contributed by atoms with Crippen molar-refractivity contribution in [2.45, 2.75) is 26.2 Å². The maximum Gasteiger partial charge on any atom is 0.135 e. The molecule has 13 heavy (non-hydrogen) atoms. The van der Waals surface area contributed by atoms with Crippen molar-refractivity contribution in [1.82, 2.24) is 9.97 Å². The van der Waals surface area contributed by atoms with Gasteiger partial charge >= 0.3 is 0 Å². The monoisotopic (exact) mass is 216 g/mol. The van der Waals surface area contributed by atoms with E-state index in [-0.39, 0.29) is 0 Å². The molecule has 1 atom stereocenters. The molecule has 70 valence electrons. The largest absolute Gasteiger partial charge is 0.221 e. The van der Waals surface area contributed by atoms with E-state index in [1.165, 1.54) is 0 Å². The Kier molecular flexibility index (Phi) is 2.00. The summed E-state index contributed by atoms with van der Waals surface area (Å²) < 4.78 is 0. The van der Waals surface area contributed by atoms with Crippen molar-refractivity contribution in [2.24, 2.45) is 5.41 Å². The van der Waals surface area contributed by atoms with E-state index < -0.39 is 0 Å². The van der Waals surface area contributed by atoms with Crippen molar-refractivity contribution in [1.29, 1.82) is 0 Å². The molecule has 0 N–H and O–H groups in total. The third-order valence-corrected chi connectivity index (χ3v) is 2.89. The lowest BCUT2D eigenvalue weighted by Crippen LogP contribution is -1.97. The minimum absolute atomic E-state index is 0.314. The van der Waals surface area contributed by atoms with Gasteiger partial charge in [0.1, 0.15) is 16.1 Å². The summed E-state index contributed by atoms with van der Waals surface area (Å²) in [6.07, 6.45) is 1.11. The van der Waals surface area contributed by atoms with Crippen LogP contribution in [0.5, 0.6) is 0 Å². The van der Waals surface area contributed by atoms with Crippen LogP contribution < -0.4 is 0 Å². The van der Waals surface area contributed by atoms with Crippen LogP contribution in [0, 0.1) is 5.41 Å². The molecule has 1 aliphatic rings. The summed E-state index contributed by atoms with van der Waals surface area (Å²) in [6.45, 7) is 4.38. The number of nitrogens with zero attached hydrogens (tertiary/aromatic N) is 2. The Morgan fingerprint density at radius 1 is 1.31 bits per heavy atom. The van der Waals surface area contributed by atoms with Gasteiger partial charge in [0.15, 0.2) is 0 Å². The van der Waals surface area contributed by atoms with Gasteiger partial charge in [-0.15, -0.1) is 0 Å². The first-order chi connectivity index (χ1) is 5.99. The summed E-state index contributed by atoms with van der Waals surface area (Å²) in [5, 5.41) is 0.857. The zero-order valence-corrected chi connectivity index (χ0v) is 9.02. The minimum atomic E-state index is 0.314. The Bertz CT molecular complexity index is 329. The molecule has 0 bridgehead atoms. The average molecular weight is 217 g/mol. The van der Waals surface area contributed by atoms with Crippen molar-refractivity contribution in [3.05, 3.63) is 22.2 Å². The van der Waals surface area contributed by atoms with E-state index in [9.17, 15) is 0 Å². The van der Waals surface area contributed by atoms with E-state index in [0.29, 0.717) is 21.6 Å². The van der Waals surface area contributed by atoms with Crippen LogP contribution >= 0.6 is 23.2 Å². The smallest absolute Gasteiger partial charge is 0.135 e. The normalized spacial score (nSPS) is 24.5. The van der Waals surface area contributed by atoms with E-state index in [1.807, 2.05) is 0 Å². The van der Waals surface area contributed by atoms with Crippen molar-refractivity contribution >= 4 is 23.2 Å². The summed E-state index contributed by atoms with van der Waals surface area (Å²) >= 11 is 11.6. The Balaban J connectivity index is 2.32. The molecule has 1 aromatic rings. The zero-order valence-electron chi connectivity index (χ0n) is 7.51. The molecule has 4 heteroatoms. The lowest BCUT2D eigenvalue weighted by Gasteiger charge is -2.02. The van der Waals surface area contributed by atoms with Gasteiger partial charge < -0.3 is 0 Å². The van der Waals surface area contributed by atoms with Gasteiger partial charge in [0.25, 0.3) is 0 Å². The van der Waals surface area contributed by atoms with Gasteiger partial charge in [-0.3, -0.25) is 0 Å². The topological polar surface area (TPSA) is 25.8 Å². The maximum atomic E-state index is 5.78. The van der Waals surface area contributed by atoms with Gasteiger partial charge in [-0.1, -0.05) is 37.0 Å². The van der Waals surface area contributed by atoms with Gasteiger partial charge in [0.05, 0.1) is 0 Å². The fraction of sp³-hybridized carbons (Fsp3) is 0.556.